The van der Waals surface area contributed by atoms with Crippen molar-refractivity contribution >= 4 is 17.3 Å². The van der Waals surface area contributed by atoms with Crippen LogP contribution in [-0.4, -0.2) is 28.6 Å². The van der Waals surface area contributed by atoms with Gasteiger partial charge < -0.3 is 5.11 Å². The molecule has 3 rings (SSSR count). The van der Waals surface area contributed by atoms with Gasteiger partial charge in [0.05, 0.1) is 6.54 Å². The smallest absolute Gasteiger partial charge is 0.317 e. The summed E-state index contributed by atoms with van der Waals surface area (Å²) in [5, 5.41) is 11.2. The molecule has 1 aromatic heterocycles. The van der Waals surface area contributed by atoms with Gasteiger partial charge in [-0.3, -0.25) is 9.69 Å². The van der Waals surface area contributed by atoms with E-state index in [2.05, 4.69) is 16.3 Å². The van der Waals surface area contributed by atoms with Gasteiger partial charge in [0.1, 0.15) is 0 Å². The molecule has 1 unspecified atom stereocenters. The van der Waals surface area contributed by atoms with E-state index in [1.54, 1.807) is 0 Å². The highest BCUT2D eigenvalue weighted by Crippen LogP contribution is 2.41. The summed E-state index contributed by atoms with van der Waals surface area (Å²) >= 11 is 1.82. The van der Waals surface area contributed by atoms with E-state index in [-0.39, 0.29) is 6.54 Å². The zero-order valence-electron chi connectivity index (χ0n) is 9.76. The van der Waals surface area contributed by atoms with E-state index in [4.69, 9.17) is 5.11 Å². The number of thiophene rings is 1. The summed E-state index contributed by atoms with van der Waals surface area (Å²) < 4.78 is 0. The highest BCUT2D eigenvalue weighted by molar-refractivity contribution is 7.10. The van der Waals surface area contributed by atoms with E-state index in [9.17, 15) is 4.79 Å². The molecule has 0 spiro atoms. The van der Waals surface area contributed by atoms with Crippen LogP contribution in [0, 0.1) is 0 Å². The fraction of sp³-hybridized carbons (Fsp3) is 0.615. The van der Waals surface area contributed by atoms with Gasteiger partial charge in [-0.15, -0.1) is 11.3 Å². The van der Waals surface area contributed by atoms with E-state index >= 15 is 0 Å². The average molecular weight is 251 g/mol. The second-order valence-corrected chi connectivity index (χ2v) is 6.01. The summed E-state index contributed by atoms with van der Waals surface area (Å²) in [6.07, 6.45) is 5.83. The van der Waals surface area contributed by atoms with Gasteiger partial charge in [0.25, 0.3) is 0 Å². The first-order valence-electron chi connectivity index (χ1n) is 6.29. The van der Waals surface area contributed by atoms with Crippen LogP contribution in [0.4, 0.5) is 0 Å². The molecule has 1 aromatic rings. The molecule has 1 fully saturated rings. The van der Waals surface area contributed by atoms with Crippen LogP contribution in [0.2, 0.25) is 0 Å². The number of carboxylic acid groups (broad SMARTS) is 1. The maximum Gasteiger partial charge on any atom is 0.317 e. The first-order valence-corrected chi connectivity index (χ1v) is 7.17. The number of rotatable bonds is 4. The normalized spacial score (nSPS) is 23.7. The zero-order chi connectivity index (χ0) is 11.8. The molecule has 92 valence electrons. The number of hydrogen-bond acceptors (Lipinski definition) is 3. The van der Waals surface area contributed by atoms with E-state index in [0.717, 1.165) is 6.42 Å². The van der Waals surface area contributed by atoms with Crippen molar-refractivity contribution in [2.24, 2.45) is 0 Å². The Kier molecular flexibility index (Phi) is 2.92. The fourth-order valence-corrected chi connectivity index (χ4v) is 3.84. The molecule has 0 bridgehead atoms. The topological polar surface area (TPSA) is 40.5 Å². The van der Waals surface area contributed by atoms with Crippen molar-refractivity contribution < 1.29 is 9.90 Å². The lowest BCUT2D eigenvalue weighted by Crippen LogP contribution is -2.36. The molecule has 1 saturated carbocycles. The molecule has 0 amide bonds. The number of aliphatic carboxylic acids is 1. The van der Waals surface area contributed by atoms with Crippen molar-refractivity contribution in [2.75, 3.05) is 6.54 Å². The number of hydrogen-bond donors (Lipinski definition) is 1. The van der Waals surface area contributed by atoms with Gasteiger partial charge in [-0.1, -0.05) is 0 Å². The predicted molar refractivity (Wildman–Crippen MR) is 67.4 cm³/mol. The molecule has 0 saturated heterocycles. The third-order valence-electron chi connectivity index (χ3n) is 3.75. The van der Waals surface area contributed by atoms with E-state index in [1.165, 1.54) is 36.1 Å². The van der Waals surface area contributed by atoms with Crippen LogP contribution in [0.25, 0.3) is 0 Å². The van der Waals surface area contributed by atoms with Crippen molar-refractivity contribution in [2.45, 2.75) is 44.2 Å². The van der Waals surface area contributed by atoms with Crippen LogP contribution < -0.4 is 0 Å². The van der Waals surface area contributed by atoms with Crippen LogP contribution in [0.5, 0.6) is 0 Å². The standard InChI is InChI=1S/C13H17NO2S/c15-13(16)8-14(9-4-5-9)11-2-1-3-12-10(11)6-7-17-12/h6-7,9,11H,1-5,8H2,(H,15,16). The highest BCUT2D eigenvalue weighted by Gasteiger charge is 2.37. The lowest BCUT2D eigenvalue weighted by Gasteiger charge is -2.33. The molecule has 2 aliphatic carbocycles. The molecule has 2 aliphatic rings. The Morgan fingerprint density at radius 1 is 1.47 bits per heavy atom. The Balaban J connectivity index is 1.85. The molecule has 4 heteroatoms. The minimum absolute atomic E-state index is 0.199. The van der Waals surface area contributed by atoms with E-state index in [1.807, 2.05) is 11.3 Å². The van der Waals surface area contributed by atoms with Gasteiger partial charge in [-0.05, 0) is 49.1 Å². The van der Waals surface area contributed by atoms with Gasteiger partial charge in [-0.25, -0.2) is 0 Å². The molecular formula is C13H17NO2S. The van der Waals surface area contributed by atoms with Crippen LogP contribution in [0.1, 0.15) is 42.2 Å². The summed E-state index contributed by atoms with van der Waals surface area (Å²) in [4.78, 5) is 14.7. The molecule has 0 radical (unpaired) electrons. The molecule has 0 aliphatic heterocycles. The van der Waals surface area contributed by atoms with Crippen molar-refractivity contribution in [1.82, 2.24) is 4.90 Å². The monoisotopic (exact) mass is 251 g/mol. The van der Waals surface area contributed by atoms with Crippen molar-refractivity contribution in [3.63, 3.8) is 0 Å². The predicted octanol–water partition coefficient (Wildman–Crippen LogP) is 2.67. The quantitative estimate of drug-likeness (QED) is 0.894. The number of nitrogens with zero attached hydrogens (tertiary/aromatic N) is 1. The molecule has 0 aromatic carbocycles. The lowest BCUT2D eigenvalue weighted by molar-refractivity contribution is -0.139. The zero-order valence-corrected chi connectivity index (χ0v) is 10.6. The summed E-state index contributed by atoms with van der Waals surface area (Å²) in [5.74, 6) is -0.695. The number of carboxylic acids is 1. The Morgan fingerprint density at radius 3 is 3.00 bits per heavy atom. The Bertz CT molecular complexity index is 425. The van der Waals surface area contributed by atoms with E-state index < -0.39 is 5.97 Å². The van der Waals surface area contributed by atoms with Crippen LogP contribution in [0.3, 0.4) is 0 Å². The van der Waals surface area contributed by atoms with Gasteiger partial charge in [0.2, 0.25) is 0 Å². The van der Waals surface area contributed by atoms with Gasteiger partial charge in [-0.2, -0.15) is 0 Å². The van der Waals surface area contributed by atoms with Gasteiger partial charge >= 0.3 is 5.97 Å². The average Bonchev–Trinajstić information content (AvgIpc) is 3.02. The third kappa shape index (κ3) is 2.24. The summed E-state index contributed by atoms with van der Waals surface area (Å²) in [5.41, 5.74) is 1.40. The van der Waals surface area contributed by atoms with Gasteiger partial charge in [0.15, 0.2) is 0 Å². The second-order valence-electron chi connectivity index (χ2n) is 5.00. The SMILES string of the molecule is O=C(O)CN(C1CC1)C1CCCc2sccc21. The minimum Gasteiger partial charge on any atom is -0.480 e. The van der Waals surface area contributed by atoms with Crippen LogP contribution in [-0.2, 0) is 11.2 Å². The molecule has 17 heavy (non-hydrogen) atoms. The van der Waals surface area contributed by atoms with Gasteiger partial charge in [0, 0.05) is 17.0 Å². The maximum atomic E-state index is 11.0. The fourth-order valence-electron chi connectivity index (χ4n) is 2.86. The van der Waals surface area contributed by atoms with Crippen molar-refractivity contribution in [3.05, 3.63) is 21.9 Å². The molecule has 1 atom stereocenters. The largest absolute Gasteiger partial charge is 0.480 e. The van der Waals surface area contributed by atoms with E-state index in [0.29, 0.717) is 12.1 Å². The summed E-state index contributed by atoms with van der Waals surface area (Å²) in [7, 11) is 0. The Labute approximate surface area is 105 Å². The highest BCUT2D eigenvalue weighted by atomic mass is 32.1. The van der Waals surface area contributed by atoms with Crippen molar-refractivity contribution in [3.8, 4) is 0 Å². The van der Waals surface area contributed by atoms with Crippen LogP contribution in [0.15, 0.2) is 11.4 Å². The maximum absolute atomic E-state index is 11.0. The molecule has 1 heterocycles. The molecule has 3 nitrogen and oxygen atoms in total. The third-order valence-corrected chi connectivity index (χ3v) is 4.75. The second kappa shape index (κ2) is 4.42. The number of carbonyl (C=O) groups is 1. The minimum atomic E-state index is -0.695. The first-order chi connectivity index (χ1) is 8.25. The number of aryl methyl sites for hydroxylation is 1. The lowest BCUT2D eigenvalue weighted by atomic mass is 9.92. The molecular weight excluding hydrogens is 234 g/mol. The Morgan fingerprint density at radius 2 is 2.29 bits per heavy atom. The summed E-state index contributed by atoms with van der Waals surface area (Å²) in [6.45, 7) is 0.199. The number of fused-ring (bicyclic) bond motifs is 1. The van der Waals surface area contributed by atoms with Crippen LogP contribution >= 0.6 is 11.3 Å². The molecule has 1 N–H and O–H groups in total. The first kappa shape index (κ1) is 11.2. The Hall–Kier alpha value is -0.870. The summed E-state index contributed by atoms with van der Waals surface area (Å²) in [6, 6.07) is 3.07. The van der Waals surface area contributed by atoms with Crippen molar-refractivity contribution in [1.29, 1.82) is 0 Å².